The lowest BCUT2D eigenvalue weighted by molar-refractivity contribution is -0.146. The van der Waals surface area contributed by atoms with Crippen molar-refractivity contribution in [1.29, 1.82) is 0 Å². The Hall–Kier alpha value is -1.77. The van der Waals surface area contributed by atoms with Crippen molar-refractivity contribution in [3.63, 3.8) is 0 Å². The third-order valence-electron chi connectivity index (χ3n) is 3.13. The summed E-state index contributed by atoms with van der Waals surface area (Å²) in [7, 11) is 0. The van der Waals surface area contributed by atoms with E-state index >= 15 is 0 Å². The van der Waals surface area contributed by atoms with Crippen LogP contribution in [-0.2, 0) is 16.0 Å². The normalized spacial score (nSPS) is 17.9. The van der Waals surface area contributed by atoms with Gasteiger partial charge >= 0.3 is 5.97 Å². The minimum atomic E-state index is -0.171. The smallest absolute Gasteiger partial charge is 0.329 e. The molecule has 82 valence electrons. The van der Waals surface area contributed by atoms with Gasteiger partial charge in [0.15, 0.2) is 0 Å². The van der Waals surface area contributed by atoms with E-state index in [4.69, 9.17) is 4.74 Å². The fourth-order valence-corrected chi connectivity index (χ4v) is 2.46. The molecular formula is C13H13NO2. The highest BCUT2D eigenvalue weighted by Gasteiger charge is 2.29. The van der Waals surface area contributed by atoms with Crippen LogP contribution in [0.1, 0.15) is 18.5 Å². The van der Waals surface area contributed by atoms with Gasteiger partial charge in [0.2, 0.25) is 0 Å². The van der Waals surface area contributed by atoms with Gasteiger partial charge in [-0.3, -0.25) is 0 Å². The van der Waals surface area contributed by atoms with E-state index in [1.165, 1.54) is 16.5 Å². The summed E-state index contributed by atoms with van der Waals surface area (Å²) in [5, 5.41) is 1.20. The molecule has 1 aliphatic heterocycles. The number of hydrogen-bond acceptors (Lipinski definition) is 2. The van der Waals surface area contributed by atoms with Gasteiger partial charge in [-0.1, -0.05) is 18.2 Å². The zero-order valence-electron chi connectivity index (χ0n) is 9.14. The molecule has 0 fully saturated rings. The third-order valence-corrected chi connectivity index (χ3v) is 3.13. The molecule has 2 heterocycles. The summed E-state index contributed by atoms with van der Waals surface area (Å²) in [5.74, 6) is -0.129. The molecule has 0 aliphatic carbocycles. The first-order valence-corrected chi connectivity index (χ1v) is 5.56. The van der Waals surface area contributed by atoms with Gasteiger partial charge in [0, 0.05) is 12.6 Å². The second kappa shape index (κ2) is 3.37. The molecule has 0 N–H and O–H groups in total. The van der Waals surface area contributed by atoms with Gasteiger partial charge in [-0.25, -0.2) is 4.79 Å². The Bertz CT molecular complexity index is 556. The molecule has 3 nitrogen and oxygen atoms in total. The molecule has 1 aliphatic rings. The van der Waals surface area contributed by atoms with Gasteiger partial charge in [-0.2, -0.15) is 0 Å². The SMILES string of the molecule is CCOC(=O)C1Cc2cccc3ccn1c23. The van der Waals surface area contributed by atoms with Gasteiger partial charge in [0.25, 0.3) is 0 Å². The van der Waals surface area contributed by atoms with E-state index in [1.54, 1.807) is 0 Å². The number of benzene rings is 1. The number of esters is 1. The largest absolute Gasteiger partial charge is 0.464 e. The average molecular weight is 215 g/mol. The molecule has 0 amide bonds. The van der Waals surface area contributed by atoms with Crippen molar-refractivity contribution in [1.82, 2.24) is 4.57 Å². The molecule has 1 unspecified atom stereocenters. The quantitative estimate of drug-likeness (QED) is 0.720. The van der Waals surface area contributed by atoms with Crippen LogP contribution in [0.4, 0.5) is 0 Å². The summed E-state index contributed by atoms with van der Waals surface area (Å²) in [5.41, 5.74) is 2.42. The minimum absolute atomic E-state index is 0.129. The Labute approximate surface area is 93.6 Å². The van der Waals surface area contributed by atoms with Gasteiger partial charge in [0.05, 0.1) is 12.1 Å². The molecule has 3 heteroatoms. The van der Waals surface area contributed by atoms with E-state index < -0.39 is 0 Å². The molecule has 16 heavy (non-hydrogen) atoms. The van der Waals surface area contributed by atoms with Crippen molar-refractivity contribution in [2.75, 3.05) is 6.61 Å². The molecule has 0 saturated carbocycles. The zero-order chi connectivity index (χ0) is 11.1. The van der Waals surface area contributed by atoms with Crippen molar-refractivity contribution < 1.29 is 9.53 Å². The molecular weight excluding hydrogens is 202 g/mol. The zero-order valence-corrected chi connectivity index (χ0v) is 9.14. The van der Waals surface area contributed by atoms with E-state index in [1.807, 2.05) is 29.8 Å². The van der Waals surface area contributed by atoms with Crippen LogP contribution in [0.15, 0.2) is 30.5 Å². The second-order valence-corrected chi connectivity index (χ2v) is 4.05. The minimum Gasteiger partial charge on any atom is -0.464 e. The molecule has 0 spiro atoms. The highest BCUT2D eigenvalue weighted by atomic mass is 16.5. The molecule has 0 bridgehead atoms. The lowest BCUT2D eigenvalue weighted by atomic mass is 10.1. The Balaban J connectivity index is 2.07. The Morgan fingerprint density at radius 3 is 3.19 bits per heavy atom. The molecule has 3 rings (SSSR count). The summed E-state index contributed by atoms with van der Waals surface area (Å²) in [6, 6.07) is 8.07. The predicted molar refractivity (Wildman–Crippen MR) is 61.3 cm³/mol. The van der Waals surface area contributed by atoms with E-state index in [0.29, 0.717) is 6.61 Å². The van der Waals surface area contributed by atoms with Crippen molar-refractivity contribution >= 4 is 16.9 Å². The fraction of sp³-hybridized carbons (Fsp3) is 0.308. The van der Waals surface area contributed by atoms with Crippen LogP contribution in [0.3, 0.4) is 0 Å². The standard InChI is InChI=1S/C13H13NO2/c1-2-16-13(15)11-8-10-5-3-4-9-6-7-14(11)12(9)10/h3-7,11H,2,8H2,1H3. The summed E-state index contributed by atoms with van der Waals surface area (Å²) < 4.78 is 7.13. The average Bonchev–Trinajstić information content (AvgIpc) is 2.86. The summed E-state index contributed by atoms with van der Waals surface area (Å²) >= 11 is 0. The first-order valence-electron chi connectivity index (χ1n) is 5.56. The van der Waals surface area contributed by atoms with Gasteiger partial charge in [-0.05, 0) is 23.9 Å². The Morgan fingerprint density at radius 1 is 1.50 bits per heavy atom. The van der Waals surface area contributed by atoms with Crippen molar-refractivity contribution in [3.8, 4) is 0 Å². The van der Waals surface area contributed by atoms with E-state index in [9.17, 15) is 4.79 Å². The number of carbonyl (C=O) groups excluding carboxylic acids is 1. The maximum Gasteiger partial charge on any atom is 0.329 e. The second-order valence-electron chi connectivity index (χ2n) is 4.05. The molecule has 1 aromatic heterocycles. The maximum atomic E-state index is 11.8. The highest BCUT2D eigenvalue weighted by molar-refractivity contribution is 5.89. The number of para-hydroxylation sites is 1. The first kappa shape index (κ1) is 9.46. The van der Waals surface area contributed by atoms with Crippen molar-refractivity contribution in [3.05, 3.63) is 36.0 Å². The van der Waals surface area contributed by atoms with Gasteiger partial charge in [0.1, 0.15) is 6.04 Å². The molecule has 0 saturated heterocycles. The van der Waals surface area contributed by atoms with Crippen LogP contribution in [-0.4, -0.2) is 17.1 Å². The lowest BCUT2D eigenvalue weighted by Crippen LogP contribution is -2.19. The molecule has 2 aromatic rings. The van der Waals surface area contributed by atoms with Crippen LogP contribution < -0.4 is 0 Å². The summed E-state index contributed by atoms with van der Waals surface area (Å²) in [6.45, 7) is 2.28. The number of nitrogens with zero attached hydrogens (tertiary/aromatic N) is 1. The third kappa shape index (κ3) is 1.18. The van der Waals surface area contributed by atoms with Gasteiger partial charge in [-0.15, -0.1) is 0 Å². The lowest BCUT2D eigenvalue weighted by Gasteiger charge is -2.11. The highest BCUT2D eigenvalue weighted by Crippen LogP contribution is 2.33. The fourth-order valence-electron chi connectivity index (χ4n) is 2.46. The van der Waals surface area contributed by atoms with Crippen molar-refractivity contribution in [2.24, 2.45) is 0 Å². The van der Waals surface area contributed by atoms with Crippen LogP contribution in [0.25, 0.3) is 10.9 Å². The number of carbonyl (C=O) groups is 1. The summed E-state index contributed by atoms with van der Waals surface area (Å²) in [4.78, 5) is 11.8. The van der Waals surface area contributed by atoms with E-state index in [2.05, 4.69) is 12.1 Å². The van der Waals surface area contributed by atoms with Crippen LogP contribution >= 0.6 is 0 Å². The number of aromatic nitrogens is 1. The van der Waals surface area contributed by atoms with E-state index in [0.717, 1.165) is 6.42 Å². The number of ether oxygens (including phenoxy) is 1. The topological polar surface area (TPSA) is 31.2 Å². The Kier molecular flexibility index (Phi) is 1.99. The van der Waals surface area contributed by atoms with E-state index in [-0.39, 0.29) is 12.0 Å². The number of rotatable bonds is 2. The van der Waals surface area contributed by atoms with Crippen LogP contribution in [0, 0.1) is 0 Å². The first-order chi connectivity index (χ1) is 7.81. The monoisotopic (exact) mass is 215 g/mol. The Morgan fingerprint density at radius 2 is 2.38 bits per heavy atom. The number of hydrogen-bond donors (Lipinski definition) is 0. The van der Waals surface area contributed by atoms with Crippen molar-refractivity contribution in [2.45, 2.75) is 19.4 Å². The van der Waals surface area contributed by atoms with Gasteiger partial charge < -0.3 is 9.30 Å². The van der Waals surface area contributed by atoms with Crippen LogP contribution in [0.5, 0.6) is 0 Å². The molecule has 1 aromatic carbocycles. The molecule has 1 atom stereocenters. The van der Waals surface area contributed by atoms with Crippen LogP contribution in [0.2, 0.25) is 0 Å². The summed E-state index contributed by atoms with van der Waals surface area (Å²) in [6.07, 6.45) is 2.73. The maximum absolute atomic E-state index is 11.8. The predicted octanol–water partition coefficient (Wildman–Crippen LogP) is 2.30. The molecule has 0 radical (unpaired) electrons.